The van der Waals surface area contributed by atoms with Crippen molar-refractivity contribution in [1.82, 2.24) is 10.4 Å². The molecule has 0 saturated heterocycles. The minimum absolute atomic E-state index is 0.339. The van der Waals surface area contributed by atoms with Crippen LogP contribution in [0.25, 0.3) is 0 Å². The van der Waals surface area contributed by atoms with E-state index in [1.165, 1.54) is 12.4 Å². The van der Waals surface area contributed by atoms with Crippen LogP contribution in [0.15, 0.2) is 50.7 Å². The summed E-state index contributed by atoms with van der Waals surface area (Å²) in [6.45, 7) is 0. The number of nitrogens with zero attached hydrogens (tertiary/aromatic N) is 2. The second-order valence-corrected chi connectivity index (χ2v) is 5.81. The third kappa shape index (κ3) is 4.37. The van der Waals surface area contributed by atoms with E-state index in [-0.39, 0.29) is 5.91 Å². The molecule has 21 heavy (non-hydrogen) atoms. The Balaban J connectivity index is 2.09. The van der Waals surface area contributed by atoms with Gasteiger partial charge in [-0.05, 0) is 40.2 Å². The van der Waals surface area contributed by atoms with Gasteiger partial charge < -0.3 is 4.74 Å². The van der Waals surface area contributed by atoms with Gasteiger partial charge in [0.25, 0.3) is 5.91 Å². The molecule has 1 heterocycles. The highest BCUT2D eigenvalue weighted by Crippen LogP contribution is 2.21. The van der Waals surface area contributed by atoms with Gasteiger partial charge >= 0.3 is 0 Å². The minimum atomic E-state index is -0.339. The molecule has 0 bridgehead atoms. The van der Waals surface area contributed by atoms with Crippen molar-refractivity contribution in [2.24, 2.45) is 5.10 Å². The number of methoxy groups -OCH3 is 1. The topological polar surface area (TPSA) is 63.6 Å². The van der Waals surface area contributed by atoms with Crippen LogP contribution in [-0.4, -0.2) is 24.2 Å². The summed E-state index contributed by atoms with van der Waals surface area (Å²) in [5, 5.41) is 3.93. The first-order chi connectivity index (χ1) is 10.1. The number of halogens is 2. The van der Waals surface area contributed by atoms with Crippen LogP contribution in [0.2, 0.25) is 0 Å². The number of nitrogens with one attached hydrogen (secondary N) is 1. The summed E-state index contributed by atoms with van der Waals surface area (Å²) in [7, 11) is 1.58. The molecule has 0 saturated carbocycles. The van der Waals surface area contributed by atoms with Crippen LogP contribution in [0.3, 0.4) is 0 Å². The van der Waals surface area contributed by atoms with Crippen LogP contribution in [0.5, 0.6) is 5.75 Å². The Kier molecular flexibility index (Phi) is 5.46. The summed E-state index contributed by atoms with van der Waals surface area (Å²) in [6.07, 6.45) is 4.59. The second-order valence-electron chi connectivity index (χ2n) is 3.98. The average Bonchev–Trinajstić information content (AvgIpc) is 2.47. The first kappa shape index (κ1) is 15.7. The fraction of sp³-hybridized carbons (Fsp3) is 0.0714. The van der Waals surface area contributed by atoms with Crippen LogP contribution in [0, 0.1) is 0 Å². The van der Waals surface area contributed by atoms with E-state index in [2.05, 4.69) is 47.4 Å². The lowest BCUT2D eigenvalue weighted by molar-refractivity contribution is 0.0954. The summed E-state index contributed by atoms with van der Waals surface area (Å²) < 4.78 is 6.84. The predicted octanol–water partition coefficient (Wildman–Crippen LogP) is 3.38. The molecular weight excluding hydrogens is 402 g/mol. The lowest BCUT2D eigenvalue weighted by Crippen LogP contribution is -2.17. The first-order valence-electron chi connectivity index (χ1n) is 5.87. The number of carbonyl (C=O) groups is 1. The maximum atomic E-state index is 11.9. The quantitative estimate of drug-likeness (QED) is 0.618. The van der Waals surface area contributed by atoms with Crippen molar-refractivity contribution in [3.8, 4) is 5.75 Å². The van der Waals surface area contributed by atoms with Crippen molar-refractivity contribution in [2.45, 2.75) is 0 Å². The number of amides is 1. The Labute approximate surface area is 138 Å². The fourth-order valence-corrected chi connectivity index (χ4v) is 2.31. The van der Waals surface area contributed by atoms with Crippen molar-refractivity contribution >= 4 is 44.0 Å². The van der Waals surface area contributed by atoms with E-state index >= 15 is 0 Å². The molecule has 1 aromatic carbocycles. The van der Waals surface area contributed by atoms with Gasteiger partial charge in [-0.25, -0.2) is 5.43 Å². The van der Waals surface area contributed by atoms with E-state index < -0.39 is 0 Å². The van der Waals surface area contributed by atoms with Gasteiger partial charge in [-0.1, -0.05) is 15.9 Å². The molecule has 0 atom stereocenters. The number of hydrogen-bond donors (Lipinski definition) is 1. The Morgan fingerprint density at radius 1 is 1.29 bits per heavy atom. The van der Waals surface area contributed by atoms with Crippen LogP contribution in [0.4, 0.5) is 0 Å². The average molecular weight is 413 g/mol. The molecular formula is C14H11Br2N3O2. The summed E-state index contributed by atoms with van der Waals surface area (Å²) in [4.78, 5) is 15.8. The van der Waals surface area contributed by atoms with E-state index in [0.717, 1.165) is 14.5 Å². The molecule has 2 rings (SSSR count). The largest absolute Gasteiger partial charge is 0.496 e. The molecule has 7 heteroatoms. The van der Waals surface area contributed by atoms with E-state index in [1.807, 2.05) is 18.2 Å². The van der Waals surface area contributed by atoms with Gasteiger partial charge in [-0.2, -0.15) is 5.10 Å². The Bertz CT molecular complexity index is 690. The molecule has 0 aliphatic rings. The number of carbonyl (C=O) groups excluding carboxylic acids is 1. The highest BCUT2D eigenvalue weighted by Gasteiger charge is 2.05. The second kappa shape index (κ2) is 7.33. The van der Waals surface area contributed by atoms with E-state index in [9.17, 15) is 4.79 Å². The van der Waals surface area contributed by atoms with Crippen molar-refractivity contribution in [3.63, 3.8) is 0 Å². The maximum Gasteiger partial charge on any atom is 0.272 e. The van der Waals surface area contributed by atoms with Gasteiger partial charge in [0.05, 0.1) is 18.9 Å². The number of ether oxygens (including phenoxy) is 1. The number of aromatic nitrogens is 1. The molecule has 0 fully saturated rings. The molecule has 1 amide bonds. The lowest BCUT2D eigenvalue weighted by Gasteiger charge is -2.04. The molecule has 1 N–H and O–H groups in total. The third-order valence-corrected chi connectivity index (χ3v) is 3.46. The van der Waals surface area contributed by atoms with Gasteiger partial charge in [-0.15, -0.1) is 0 Å². The molecule has 0 unspecified atom stereocenters. The third-order valence-electron chi connectivity index (χ3n) is 2.53. The molecule has 0 spiro atoms. The van der Waals surface area contributed by atoms with Crippen LogP contribution < -0.4 is 10.2 Å². The van der Waals surface area contributed by atoms with E-state index in [4.69, 9.17) is 4.74 Å². The number of benzene rings is 1. The van der Waals surface area contributed by atoms with Crippen LogP contribution in [0.1, 0.15) is 15.9 Å². The lowest BCUT2D eigenvalue weighted by atomic mass is 10.2. The molecule has 0 aliphatic carbocycles. The summed E-state index contributed by atoms with van der Waals surface area (Å²) >= 11 is 6.63. The SMILES string of the molecule is COc1ccc(Br)cc1C=NNC(=O)c1cncc(Br)c1. The maximum absolute atomic E-state index is 11.9. The van der Waals surface area contributed by atoms with Crippen molar-refractivity contribution < 1.29 is 9.53 Å². The van der Waals surface area contributed by atoms with E-state index in [0.29, 0.717) is 11.3 Å². The summed E-state index contributed by atoms with van der Waals surface area (Å²) in [5.41, 5.74) is 3.61. The van der Waals surface area contributed by atoms with Crippen LogP contribution >= 0.6 is 31.9 Å². The summed E-state index contributed by atoms with van der Waals surface area (Å²) in [6, 6.07) is 7.18. The predicted molar refractivity (Wildman–Crippen MR) is 87.7 cm³/mol. The molecule has 0 aliphatic heterocycles. The number of hydrazone groups is 1. The van der Waals surface area contributed by atoms with Gasteiger partial charge in [0.1, 0.15) is 5.75 Å². The van der Waals surface area contributed by atoms with Gasteiger partial charge in [0.2, 0.25) is 0 Å². The Hall–Kier alpha value is -1.73. The number of hydrogen-bond acceptors (Lipinski definition) is 4. The monoisotopic (exact) mass is 411 g/mol. The number of pyridine rings is 1. The highest BCUT2D eigenvalue weighted by molar-refractivity contribution is 9.10. The van der Waals surface area contributed by atoms with E-state index in [1.54, 1.807) is 19.4 Å². The molecule has 1 aromatic heterocycles. The fourth-order valence-electron chi connectivity index (χ4n) is 1.57. The zero-order valence-corrected chi connectivity index (χ0v) is 14.2. The molecule has 108 valence electrons. The Morgan fingerprint density at radius 3 is 2.81 bits per heavy atom. The van der Waals surface area contributed by atoms with Crippen molar-refractivity contribution in [1.29, 1.82) is 0 Å². The first-order valence-corrected chi connectivity index (χ1v) is 7.46. The number of rotatable bonds is 4. The van der Waals surface area contributed by atoms with Gasteiger partial charge in [0, 0.05) is 26.9 Å². The smallest absolute Gasteiger partial charge is 0.272 e. The summed E-state index contributed by atoms with van der Waals surface area (Å²) in [5.74, 6) is 0.328. The molecule has 0 radical (unpaired) electrons. The minimum Gasteiger partial charge on any atom is -0.496 e. The van der Waals surface area contributed by atoms with Gasteiger partial charge in [-0.3, -0.25) is 9.78 Å². The van der Waals surface area contributed by atoms with Crippen LogP contribution in [-0.2, 0) is 0 Å². The van der Waals surface area contributed by atoms with Crippen molar-refractivity contribution in [3.05, 3.63) is 56.7 Å². The zero-order valence-electron chi connectivity index (χ0n) is 11.0. The highest BCUT2D eigenvalue weighted by atomic mass is 79.9. The standard InChI is InChI=1S/C14H11Br2N3O2/c1-21-13-3-2-11(15)4-9(13)7-18-19-14(20)10-5-12(16)8-17-6-10/h2-8H,1H3,(H,19,20). The molecule has 5 nitrogen and oxygen atoms in total. The van der Waals surface area contributed by atoms with Gasteiger partial charge in [0.15, 0.2) is 0 Å². The normalized spacial score (nSPS) is 10.6. The zero-order chi connectivity index (χ0) is 15.2. The van der Waals surface area contributed by atoms with Crippen molar-refractivity contribution in [2.75, 3.05) is 7.11 Å². The molecule has 2 aromatic rings. The Morgan fingerprint density at radius 2 is 2.10 bits per heavy atom.